The first-order valence-corrected chi connectivity index (χ1v) is 10.9. The fourth-order valence-corrected chi connectivity index (χ4v) is 4.41. The average molecular weight is 435 g/mol. The number of nitrogens with one attached hydrogen (secondary N) is 1. The summed E-state index contributed by atoms with van der Waals surface area (Å²) in [4.78, 5) is 10.2. The van der Waals surface area contributed by atoms with E-state index in [9.17, 15) is 18.5 Å². The molecule has 0 radical (unpaired) electrons. The van der Waals surface area contributed by atoms with Crippen LogP contribution in [0.25, 0.3) is 0 Å². The second kappa shape index (κ2) is 9.05. The summed E-state index contributed by atoms with van der Waals surface area (Å²) in [5.74, 6) is 1.20. The van der Waals surface area contributed by atoms with Gasteiger partial charge in [-0.1, -0.05) is 35.3 Å². The van der Waals surface area contributed by atoms with Gasteiger partial charge in [0.15, 0.2) is 0 Å². The highest BCUT2D eigenvalue weighted by atomic mass is 35.5. The maximum absolute atomic E-state index is 12.3. The molecular formula is C16H16Cl2N2O4S2. The van der Waals surface area contributed by atoms with Gasteiger partial charge in [0.1, 0.15) is 0 Å². The molecule has 6 nitrogen and oxygen atoms in total. The second-order valence-corrected chi connectivity index (χ2v) is 9.09. The summed E-state index contributed by atoms with van der Waals surface area (Å²) < 4.78 is 27.0. The van der Waals surface area contributed by atoms with Crippen LogP contribution in [-0.2, 0) is 15.8 Å². The number of hydrogen-bond donors (Lipinski definition) is 1. The van der Waals surface area contributed by atoms with Crippen LogP contribution in [0.2, 0.25) is 10.0 Å². The monoisotopic (exact) mass is 434 g/mol. The predicted molar refractivity (Wildman–Crippen MR) is 106 cm³/mol. The maximum atomic E-state index is 12.3. The smallest absolute Gasteiger partial charge is 0.258 e. The van der Waals surface area contributed by atoms with Crippen molar-refractivity contribution in [2.45, 2.75) is 17.6 Å². The first-order valence-electron chi connectivity index (χ1n) is 7.47. The minimum Gasteiger partial charge on any atom is -0.258 e. The third-order valence-corrected chi connectivity index (χ3v) is 6.71. The highest BCUT2D eigenvalue weighted by Crippen LogP contribution is 2.25. The molecule has 0 fully saturated rings. The summed E-state index contributed by atoms with van der Waals surface area (Å²) in [5.41, 5.74) is 1.18. The van der Waals surface area contributed by atoms with Gasteiger partial charge in [0.05, 0.1) is 19.9 Å². The van der Waals surface area contributed by atoms with Gasteiger partial charge in [0.25, 0.3) is 5.69 Å². The van der Waals surface area contributed by atoms with Crippen molar-refractivity contribution in [2.24, 2.45) is 0 Å². The molecule has 2 aromatic carbocycles. The number of nitro groups is 1. The van der Waals surface area contributed by atoms with Crippen molar-refractivity contribution in [1.82, 2.24) is 4.72 Å². The summed E-state index contributed by atoms with van der Waals surface area (Å²) in [5, 5.41) is 11.9. The lowest BCUT2D eigenvalue weighted by atomic mass is 10.2. The van der Waals surface area contributed by atoms with Crippen LogP contribution in [0.4, 0.5) is 5.69 Å². The van der Waals surface area contributed by atoms with Crippen molar-refractivity contribution in [3.05, 3.63) is 67.7 Å². The van der Waals surface area contributed by atoms with Crippen LogP contribution < -0.4 is 4.72 Å². The Bertz CT molecular complexity index is 920. The molecule has 0 bridgehead atoms. The highest BCUT2D eigenvalue weighted by molar-refractivity contribution is 7.98. The fraction of sp³-hybridized carbons (Fsp3) is 0.250. The molecule has 0 amide bonds. The largest absolute Gasteiger partial charge is 0.273 e. The summed E-state index contributed by atoms with van der Waals surface area (Å²) in [6.07, 6.45) is 0. The molecule has 0 aliphatic carbocycles. The Morgan fingerprint density at radius 1 is 1.15 bits per heavy atom. The van der Waals surface area contributed by atoms with Crippen LogP contribution in [0.1, 0.15) is 11.1 Å². The van der Waals surface area contributed by atoms with Crippen LogP contribution in [0, 0.1) is 17.0 Å². The lowest BCUT2D eigenvalue weighted by Crippen LogP contribution is -2.26. The van der Waals surface area contributed by atoms with Crippen molar-refractivity contribution in [2.75, 3.05) is 12.3 Å². The Labute approximate surface area is 166 Å². The van der Waals surface area contributed by atoms with Gasteiger partial charge < -0.3 is 0 Å². The molecular weight excluding hydrogens is 419 g/mol. The molecule has 0 saturated heterocycles. The van der Waals surface area contributed by atoms with E-state index in [0.717, 1.165) is 11.6 Å². The Morgan fingerprint density at radius 2 is 1.88 bits per heavy atom. The number of benzene rings is 2. The van der Waals surface area contributed by atoms with Gasteiger partial charge in [-0.2, -0.15) is 11.8 Å². The number of nitro benzene ring substituents is 1. The van der Waals surface area contributed by atoms with Crippen molar-refractivity contribution in [3.63, 3.8) is 0 Å². The van der Waals surface area contributed by atoms with Crippen LogP contribution in [0.15, 0.2) is 41.3 Å². The fourth-order valence-electron chi connectivity index (χ4n) is 2.10. The molecule has 0 aliphatic rings. The number of hydrogen-bond acceptors (Lipinski definition) is 5. The normalized spacial score (nSPS) is 11.5. The quantitative estimate of drug-likeness (QED) is 0.377. The lowest BCUT2D eigenvalue weighted by Gasteiger charge is -2.08. The molecule has 0 heterocycles. The van der Waals surface area contributed by atoms with Gasteiger partial charge >= 0.3 is 0 Å². The first kappa shape index (κ1) is 21.0. The Kier molecular flexibility index (Phi) is 7.31. The highest BCUT2D eigenvalue weighted by Gasteiger charge is 2.19. The third-order valence-electron chi connectivity index (χ3n) is 3.48. The minimum absolute atomic E-state index is 0.121. The molecule has 0 saturated carbocycles. The van der Waals surface area contributed by atoms with Crippen LogP contribution in [0.3, 0.4) is 0 Å². The van der Waals surface area contributed by atoms with E-state index in [1.807, 2.05) is 6.07 Å². The van der Waals surface area contributed by atoms with E-state index in [1.165, 1.54) is 23.9 Å². The molecule has 1 N–H and O–H groups in total. The molecule has 140 valence electrons. The lowest BCUT2D eigenvalue weighted by molar-refractivity contribution is -0.385. The predicted octanol–water partition coefficient (Wildman–Crippen LogP) is 4.42. The zero-order valence-electron chi connectivity index (χ0n) is 13.7. The van der Waals surface area contributed by atoms with E-state index in [1.54, 1.807) is 19.1 Å². The Morgan fingerprint density at radius 3 is 2.54 bits per heavy atom. The van der Waals surface area contributed by atoms with Gasteiger partial charge in [-0.25, -0.2) is 13.1 Å². The molecule has 0 spiro atoms. The van der Waals surface area contributed by atoms with Gasteiger partial charge in [0, 0.05) is 29.7 Å². The number of aryl methyl sites for hydroxylation is 1. The summed E-state index contributed by atoms with van der Waals surface area (Å²) in [6, 6.07) is 9.19. The number of sulfonamides is 1. The molecule has 0 unspecified atom stereocenters. The van der Waals surface area contributed by atoms with Crippen molar-refractivity contribution >= 4 is 50.7 Å². The van der Waals surface area contributed by atoms with Gasteiger partial charge in [-0.15, -0.1) is 0 Å². The van der Waals surface area contributed by atoms with E-state index in [0.29, 0.717) is 27.1 Å². The number of halogens is 2. The Hall–Kier alpha value is -1.32. The Balaban J connectivity index is 1.89. The molecule has 10 heteroatoms. The van der Waals surface area contributed by atoms with E-state index >= 15 is 0 Å². The van der Waals surface area contributed by atoms with Crippen LogP contribution in [-0.4, -0.2) is 25.6 Å². The molecule has 26 heavy (non-hydrogen) atoms. The van der Waals surface area contributed by atoms with Crippen molar-refractivity contribution in [3.8, 4) is 0 Å². The topological polar surface area (TPSA) is 89.3 Å². The second-order valence-electron chi connectivity index (χ2n) is 5.40. The zero-order valence-corrected chi connectivity index (χ0v) is 16.9. The van der Waals surface area contributed by atoms with E-state index in [2.05, 4.69) is 4.72 Å². The average Bonchev–Trinajstić information content (AvgIpc) is 2.57. The molecule has 2 rings (SSSR count). The van der Waals surface area contributed by atoms with Crippen LogP contribution in [0.5, 0.6) is 0 Å². The van der Waals surface area contributed by atoms with E-state index < -0.39 is 14.9 Å². The van der Waals surface area contributed by atoms with Crippen molar-refractivity contribution < 1.29 is 13.3 Å². The minimum atomic E-state index is -3.80. The standard InChI is InChI=1S/C16H16Cl2N2O4S2/c1-11-2-4-13(9-16(11)20(21)22)26(23,24)19-6-7-25-10-12-3-5-14(17)15(18)8-12/h2-5,8-9,19H,6-7,10H2,1H3. The molecule has 0 aromatic heterocycles. The number of thioether (sulfide) groups is 1. The van der Waals surface area contributed by atoms with Crippen molar-refractivity contribution in [1.29, 1.82) is 0 Å². The third kappa shape index (κ3) is 5.59. The SMILES string of the molecule is Cc1ccc(S(=O)(=O)NCCSCc2ccc(Cl)c(Cl)c2)cc1[N+](=O)[O-]. The molecule has 2 aromatic rings. The summed E-state index contributed by atoms with van der Waals surface area (Å²) in [6.45, 7) is 1.76. The van der Waals surface area contributed by atoms with Gasteiger partial charge in [-0.05, 0) is 30.7 Å². The van der Waals surface area contributed by atoms with Gasteiger partial charge in [-0.3, -0.25) is 10.1 Å². The number of nitrogens with zero attached hydrogens (tertiary/aromatic N) is 1. The zero-order chi connectivity index (χ0) is 19.3. The first-order chi connectivity index (χ1) is 12.2. The maximum Gasteiger partial charge on any atom is 0.273 e. The van der Waals surface area contributed by atoms with Gasteiger partial charge in [0.2, 0.25) is 10.0 Å². The number of rotatable bonds is 8. The molecule has 0 aliphatic heterocycles. The van der Waals surface area contributed by atoms with Crippen LogP contribution >= 0.6 is 35.0 Å². The molecule has 0 atom stereocenters. The summed E-state index contributed by atoms with van der Waals surface area (Å²) >= 11 is 13.3. The summed E-state index contributed by atoms with van der Waals surface area (Å²) in [7, 11) is -3.80. The van der Waals surface area contributed by atoms with E-state index in [-0.39, 0.29) is 17.1 Å². The van der Waals surface area contributed by atoms with E-state index in [4.69, 9.17) is 23.2 Å².